The van der Waals surface area contributed by atoms with Crippen molar-refractivity contribution in [2.45, 2.75) is 44.9 Å². The fourth-order valence-electron chi connectivity index (χ4n) is 9.49. The summed E-state index contributed by atoms with van der Waals surface area (Å²) in [6, 6.07) is 69.9. The number of fused-ring (bicyclic) bond motifs is 4. The van der Waals surface area contributed by atoms with Crippen molar-refractivity contribution in [3.63, 3.8) is 0 Å². The van der Waals surface area contributed by atoms with Crippen molar-refractivity contribution >= 4 is 17.1 Å². The van der Waals surface area contributed by atoms with Crippen LogP contribution in [0.3, 0.4) is 0 Å². The number of anilines is 3. The third-order valence-electron chi connectivity index (χ3n) is 12.3. The Bertz CT molecular complexity index is 2630. The number of hydrogen-bond donors (Lipinski definition) is 0. The first-order valence-corrected chi connectivity index (χ1v) is 20.2. The monoisotopic (exact) mass is 719 g/mol. The van der Waals surface area contributed by atoms with E-state index in [0.29, 0.717) is 0 Å². The Labute approximate surface area is 331 Å². The molecule has 2 aliphatic rings. The number of para-hydroxylation sites is 1. The molecular weight excluding hydrogens is 675 g/mol. The molecule has 10 rings (SSSR count). The molecule has 0 amide bonds. The van der Waals surface area contributed by atoms with E-state index in [4.69, 9.17) is 0 Å². The van der Waals surface area contributed by atoms with Crippen LogP contribution in [-0.2, 0) is 18.3 Å². The van der Waals surface area contributed by atoms with E-state index in [0.717, 1.165) is 12.1 Å². The molecule has 1 nitrogen and oxygen atoms in total. The van der Waals surface area contributed by atoms with Crippen LogP contribution in [0.5, 0.6) is 0 Å². The maximum Gasteiger partial charge on any atom is 0.0618 e. The molecule has 8 aromatic rings. The highest BCUT2D eigenvalue weighted by Gasteiger charge is 2.37. The molecule has 1 heteroatoms. The van der Waals surface area contributed by atoms with E-state index in [1.165, 1.54) is 109 Å². The SMILES string of the molecule is CC1(C)c2ccccc2-c2cc(-c3ccccc3)c(N(c3ccc(-c4cccc5c4CCCC5)cc3)c3c(-c4ccccc4)cccc3-c3ccccc3)cc21. The maximum absolute atomic E-state index is 2.57. The van der Waals surface area contributed by atoms with E-state index in [9.17, 15) is 0 Å². The first-order valence-electron chi connectivity index (χ1n) is 20.2. The number of hydrogen-bond acceptors (Lipinski definition) is 1. The number of aryl methyl sites for hydroxylation is 1. The first-order chi connectivity index (χ1) is 27.6. The lowest BCUT2D eigenvalue weighted by atomic mass is 9.81. The van der Waals surface area contributed by atoms with Crippen molar-refractivity contribution in [3.8, 4) is 55.6 Å². The lowest BCUT2D eigenvalue weighted by Crippen LogP contribution is -2.18. The zero-order valence-corrected chi connectivity index (χ0v) is 32.2. The van der Waals surface area contributed by atoms with Crippen LogP contribution in [0.15, 0.2) is 188 Å². The highest BCUT2D eigenvalue weighted by Crippen LogP contribution is 2.55. The third-order valence-corrected chi connectivity index (χ3v) is 12.3. The summed E-state index contributed by atoms with van der Waals surface area (Å²) < 4.78 is 0. The smallest absolute Gasteiger partial charge is 0.0618 e. The van der Waals surface area contributed by atoms with Gasteiger partial charge in [-0.15, -0.1) is 0 Å². The van der Waals surface area contributed by atoms with Gasteiger partial charge >= 0.3 is 0 Å². The lowest BCUT2D eigenvalue weighted by molar-refractivity contribution is 0.660. The van der Waals surface area contributed by atoms with Gasteiger partial charge in [0.05, 0.1) is 11.4 Å². The van der Waals surface area contributed by atoms with Gasteiger partial charge in [0.15, 0.2) is 0 Å². The lowest BCUT2D eigenvalue weighted by Gasteiger charge is -2.33. The highest BCUT2D eigenvalue weighted by molar-refractivity contribution is 6.02. The average molecular weight is 720 g/mol. The van der Waals surface area contributed by atoms with Crippen molar-refractivity contribution in [1.29, 1.82) is 0 Å². The molecule has 0 saturated carbocycles. The standard InChI is InChI=1S/C55H45N/c1-55(2)51-31-15-14-27-48(51)50-36-49(41-22-10-5-11-23-41)53(37-52(50)55)56(43-34-32-42(33-35-43)45-28-16-25-38-24-12-13-26-44(38)45)54-46(39-18-6-3-7-19-39)29-17-30-47(54)40-20-8-4-9-21-40/h3-11,14-23,25,27-37H,12-13,24,26H2,1-2H3. The first kappa shape index (κ1) is 34.1. The second-order valence-electron chi connectivity index (χ2n) is 15.9. The van der Waals surface area contributed by atoms with Crippen LogP contribution in [0.25, 0.3) is 55.6 Å². The van der Waals surface area contributed by atoms with E-state index in [-0.39, 0.29) is 5.41 Å². The van der Waals surface area contributed by atoms with Gasteiger partial charge in [0.25, 0.3) is 0 Å². The van der Waals surface area contributed by atoms with Crippen LogP contribution in [0.2, 0.25) is 0 Å². The molecule has 56 heavy (non-hydrogen) atoms. The van der Waals surface area contributed by atoms with Gasteiger partial charge in [0.1, 0.15) is 0 Å². The molecule has 2 aliphatic carbocycles. The Balaban J connectivity index is 1.28. The van der Waals surface area contributed by atoms with Gasteiger partial charge in [-0.05, 0) is 111 Å². The van der Waals surface area contributed by atoms with E-state index >= 15 is 0 Å². The Morgan fingerprint density at radius 1 is 0.393 bits per heavy atom. The fourth-order valence-corrected chi connectivity index (χ4v) is 9.49. The predicted molar refractivity (Wildman–Crippen MR) is 237 cm³/mol. The third kappa shape index (κ3) is 5.78. The van der Waals surface area contributed by atoms with Crippen LogP contribution in [0, 0.1) is 0 Å². The zero-order valence-electron chi connectivity index (χ0n) is 32.2. The molecule has 270 valence electrons. The van der Waals surface area contributed by atoms with E-state index in [1.807, 2.05) is 0 Å². The summed E-state index contributed by atoms with van der Waals surface area (Å²) in [5, 5.41) is 0. The summed E-state index contributed by atoms with van der Waals surface area (Å²) in [7, 11) is 0. The van der Waals surface area contributed by atoms with Crippen LogP contribution < -0.4 is 4.90 Å². The van der Waals surface area contributed by atoms with Crippen molar-refractivity contribution < 1.29 is 0 Å². The van der Waals surface area contributed by atoms with E-state index in [1.54, 1.807) is 0 Å². The topological polar surface area (TPSA) is 3.24 Å². The molecule has 8 aromatic carbocycles. The quantitative estimate of drug-likeness (QED) is 0.159. The van der Waals surface area contributed by atoms with Gasteiger partial charge in [0.2, 0.25) is 0 Å². The molecule has 0 saturated heterocycles. The molecule has 0 spiro atoms. The van der Waals surface area contributed by atoms with Gasteiger partial charge in [-0.2, -0.15) is 0 Å². The normalized spacial score (nSPS) is 13.8. The Morgan fingerprint density at radius 2 is 0.911 bits per heavy atom. The summed E-state index contributed by atoms with van der Waals surface area (Å²) in [5.41, 5.74) is 21.5. The van der Waals surface area contributed by atoms with E-state index in [2.05, 4.69) is 207 Å². The fraction of sp³-hybridized carbons (Fsp3) is 0.127. The largest absolute Gasteiger partial charge is 0.309 e. The molecule has 0 atom stereocenters. The second kappa shape index (κ2) is 14.0. The minimum Gasteiger partial charge on any atom is -0.309 e. The summed E-state index contributed by atoms with van der Waals surface area (Å²) in [5.74, 6) is 0. The van der Waals surface area contributed by atoms with Crippen molar-refractivity contribution in [1.82, 2.24) is 0 Å². The predicted octanol–water partition coefficient (Wildman–Crippen LogP) is 15.0. The minimum atomic E-state index is -0.168. The number of rotatable bonds is 7. The zero-order chi connectivity index (χ0) is 37.6. The Morgan fingerprint density at radius 3 is 1.57 bits per heavy atom. The molecule has 0 aromatic heterocycles. The van der Waals surface area contributed by atoms with Crippen molar-refractivity contribution in [3.05, 3.63) is 210 Å². The van der Waals surface area contributed by atoms with Crippen LogP contribution in [-0.4, -0.2) is 0 Å². The van der Waals surface area contributed by atoms with Crippen molar-refractivity contribution in [2.75, 3.05) is 4.90 Å². The van der Waals surface area contributed by atoms with Gasteiger partial charge in [-0.1, -0.05) is 178 Å². The molecule has 0 unspecified atom stereocenters. The summed E-state index contributed by atoms with van der Waals surface area (Å²) in [4.78, 5) is 2.57. The average Bonchev–Trinajstić information content (AvgIpc) is 3.49. The van der Waals surface area contributed by atoms with Crippen LogP contribution in [0.4, 0.5) is 17.1 Å². The van der Waals surface area contributed by atoms with Gasteiger partial charge in [0, 0.05) is 27.8 Å². The van der Waals surface area contributed by atoms with Crippen LogP contribution >= 0.6 is 0 Å². The summed E-state index contributed by atoms with van der Waals surface area (Å²) >= 11 is 0. The van der Waals surface area contributed by atoms with Gasteiger partial charge in [-0.25, -0.2) is 0 Å². The second-order valence-corrected chi connectivity index (χ2v) is 15.9. The Hall–Kier alpha value is -6.44. The molecular formula is C55H45N. The summed E-state index contributed by atoms with van der Waals surface area (Å²) in [6.45, 7) is 4.77. The molecule has 0 fully saturated rings. The maximum atomic E-state index is 2.57. The summed E-state index contributed by atoms with van der Waals surface area (Å²) in [6.07, 6.45) is 4.86. The number of benzene rings is 8. The highest BCUT2D eigenvalue weighted by atomic mass is 15.2. The van der Waals surface area contributed by atoms with Gasteiger partial charge in [-0.3, -0.25) is 0 Å². The van der Waals surface area contributed by atoms with Crippen LogP contribution in [0.1, 0.15) is 48.9 Å². The van der Waals surface area contributed by atoms with Crippen molar-refractivity contribution in [2.24, 2.45) is 0 Å². The molecule has 0 heterocycles. The number of nitrogens with zero attached hydrogens (tertiary/aromatic N) is 1. The van der Waals surface area contributed by atoms with Gasteiger partial charge < -0.3 is 4.90 Å². The van der Waals surface area contributed by atoms with E-state index < -0.39 is 0 Å². The Kier molecular flexibility index (Phi) is 8.52. The minimum absolute atomic E-state index is 0.168. The molecule has 0 aliphatic heterocycles. The molecule has 0 N–H and O–H groups in total. The molecule has 0 bridgehead atoms. The molecule has 0 radical (unpaired) electrons.